The van der Waals surface area contributed by atoms with E-state index in [1.807, 2.05) is 35.2 Å². The lowest BCUT2D eigenvalue weighted by Crippen LogP contribution is -2.70. The molecule has 79 heavy (non-hydrogen) atoms. The second-order valence-electron chi connectivity index (χ2n) is 21.2. The van der Waals surface area contributed by atoms with Crippen molar-refractivity contribution < 1.29 is 78.6 Å². The van der Waals surface area contributed by atoms with Gasteiger partial charge in [0.05, 0.1) is 57.0 Å². The van der Waals surface area contributed by atoms with E-state index in [4.69, 9.17) is 29.4 Å². The molecule has 4 fully saturated rings. The molecule has 426 valence electrons. The summed E-state index contributed by atoms with van der Waals surface area (Å²) < 4.78 is 33.9. The van der Waals surface area contributed by atoms with Crippen molar-refractivity contribution in [3.63, 3.8) is 0 Å². The highest BCUT2D eigenvalue weighted by Crippen LogP contribution is 2.54. The predicted molar refractivity (Wildman–Crippen MR) is 280 cm³/mol. The van der Waals surface area contributed by atoms with E-state index in [1.54, 1.807) is 25.1 Å². The van der Waals surface area contributed by atoms with Gasteiger partial charge in [0.2, 0.25) is 12.2 Å². The average molecular weight is 1100 g/mol. The van der Waals surface area contributed by atoms with E-state index in [0.29, 0.717) is 53.9 Å². The minimum Gasteiger partial charge on any atom is -0.486 e. The molecule has 1 aliphatic carbocycles. The highest BCUT2D eigenvalue weighted by molar-refractivity contribution is 6.29. The number of fused-ring (bicyclic) bond motifs is 10. The Kier molecular flexibility index (Phi) is 17.4. The molecule has 0 spiro atoms. The lowest BCUT2D eigenvalue weighted by molar-refractivity contribution is -0.301. The van der Waals surface area contributed by atoms with Gasteiger partial charge in [-0.25, -0.2) is 5.43 Å². The molecule has 0 aromatic heterocycles. The molecule has 3 aromatic rings. The van der Waals surface area contributed by atoms with E-state index in [9.17, 15) is 45.3 Å². The average Bonchev–Trinajstić information content (AvgIpc) is 3.94. The Morgan fingerprint density at radius 2 is 1.80 bits per heavy atom. The summed E-state index contributed by atoms with van der Waals surface area (Å²) in [5.74, 6) is -4.15. The summed E-state index contributed by atoms with van der Waals surface area (Å²) in [6.45, 7) is 0.415. The smallest absolute Gasteiger partial charge is 0.242 e. The minimum absolute atomic E-state index is 0.0388. The maximum Gasteiger partial charge on any atom is 0.242 e. The Labute approximate surface area is 455 Å². The number of aldehydes is 1. The molecule has 0 radical (unpaired) electrons. The number of para-hydroxylation sites is 1. The normalized spacial score (nSPS) is 30.3. The summed E-state index contributed by atoms with van der Waals surface area (Å²) in [6, 6.07) is 12.7. The van der Waals surface area contributed by atoms with Crippen LogP contribution >= 0.6 is 0 Å². The highest BCUT2D eigenvalue weighted by Gasteiger charge is 2.53. The van der Waals surface area contributed by atoms with Crippen LogP contribution in [0.5, 0.6) is 11.5 Å². The predicted octanol–water partition coefficient (Wildman–Crippen LogP) is -2.09. The summed E-state index contributed by atoms with van der Waals surface area (Å²) in [5.41, 5.74) is 14.3. The second kappa shape index (κ2) is 24.4. The third kappa shape index (κ3) is 11.3. The van der Waals surface area contributed by atoms with Crippen LogP contribution in [0.3, 0.4) is 0 Å². The van der Waals surface area contributed by atoms with E-state index in [0.717, 1.165) is 0 Å². The minimum atomic E-state index is -1.75. The van der Waals surface area contributed by atoms with Crippen molar-refractivity contribution in [2.45, 2.75) is 113 Å². The number of rotatable bonds is 19. The maximum atomic E-state index is 15.3. The van der Waals surface area contributed by atoms with Crippen LogP contribution in [-0.2, 0) is 30.4 Å². The van der Waals surface area contributed by atoms with Gasteiger partial charge in [0, 0.05) is 65.9 Å². The number of aliphatic hydroxyl groups is 7. The van der Waals surface area contributed by atoms with Crippen LogP contribution in [0.4, 0.5) is 5.69 Å². The first-order chi connectivity index (χ1) is 38.2. The Morgan fingerprint density at radius 1 is 0.975 bits per heavy atom. The van der Waals surface area contributed by atoms with Crippen LogP contribution in [0.25, 0.3) is 0 Å². The Balaban J connectivity index is 1.18. The van der Waals surface area contributed by atoms with Gasteiger partial charge in [-0.2, -0.15) is 0 Å². The third-order valence-corrected chi connectivity index (χ3v) is 16.0. The first kappa shape index (κ1) is 56.3. The second-order valence-corrected chi connectivity index (χ2v) is 21.2. The number of hydrogen-bond donors (Lipinski definition) is 14. The van der Waals surface area contributed by atoms with E-state index >= 15 is 9.59 Å². The number of nitrogens with zero attached hydrogens (tertiary/aromatic N) is 1. The lowest BCUT2D eigenvalue weighted by atomic mass is 9.70. The van der Waals surface area contributed by atoms with Crippen molar-refractivity contribution in [3.8, 4) is 11.5 Å². The third-order valence-electron chi connectivity index (χ3n) is 16.0. The van der Waals surface area contributed by atoms with Gasteiger partial charge in [-0.15, -0.1) is 0 Å². The number of benzene rings is 3. The molecule has 6 heterocycles. The van der Waals surface area contributed by atoms with Crippen LogP contribution in [0.1, 0.15) is 87.1 Å². The van der Waals surface area contributed by atoms with E-state index in [2.05, 4.69) is 32.1 Å². The molecule has 15 unspecified atom stereocenters. The van der Waals surface area contributed by atoms with Gasteiger partial charge in [-0.3, -0.25) is 30.8 Å². The molecule has 7 aliphatic rings. The van der Waals surface area contributed by atoms with Crippen molar-refractivity contribution in [2.24, 2.45) is 23.5 Å². The summed E-state index contributed by atoms with van der Waals surface area (Å²) in [5, 5.41) is 89.8. The van der Waals surface area contributed by atoms with E-state index < -0.39 is 117 Å². The fraction of sp³-hybridized carbons (Fsp3) is 0.527. The van der Waals surface area contributed by atoms with Gasteiger partial charge in [0.25, 0.3) is 0 Å². The molecule has 0 saturated carbocycles. The van der Waals surface area contributed by atoms with Crippen molar-refractivity contribution in [1.82, 2.24) is 32.1 Å². The molecular formula is C55H70N8O16. The number of allylic oxidation sites excluding steroid dienone is 1. The van der Waals surface area contributed by atoms with Gasteiger partial charge in [-0.1, -0.05) is 30.3 Å². The quantitative estimate of drug-likeness (QED) is 0.0354. The Morgan fingerprint density at radius 3 is 2.57 bits per heavy atom. The Hall–Kier alpha value is -5.94. The number of anilines is 1. The van der Waals surface area contributed by atoms with Crippen molar-refractivity contribution in [1.29, 1.82) is 0 Å². The van der Waals surface area contributed by atoms with E-state index in [-0.39, 0.29) is 97.0 Å². The van der Waals surface area contributed by atoms with Crippen molar-refractivity contribution >= 4 is 29.4 Å². The van der Waals surface area contributed by atoms with Crippen LogP contribution in [0.15, 0.2) is 72.1 Å². The van der Waals surface area contributed by atoms with Crippen molar-refractivity contribution in [2.75, 3.05) is 57.7 Å². The largest absolute Gasteiger partial charge is 0.486 e. The fourth-order valence-electron chi connectivity index (χ4n) is 12.1. The number of amides is 1. The molecule has 15 N–H and O–H groups in total. The number of dihydropyridines is 1. The molecule has 15 atom stereocenters. The number of ketones is 2. The molecule has 1 amide bonds. The van der Waals surface area contributed by atoms with Crippen LogP contribution in [-0.4, -0.2) is 180 Å². The van der Waals surface area contributed by atoms with E-state index in [1.165, 1.54) is 12.1 Å². The summed E-state index contributed by atoms with van der Waals surface area (Å²) in [7, 11) is 0. The number of carbonyl (C=O) groups is 4. The lowest BCUT2D eigenvalue weighted by Gasteiger charge is -2.45. The number of hydrazine groups is 1. The Bertz CT molecular complexity index is 2820. The number of carbonyl (C=O) groups excluding carboxylic acids is 4. The van der Waals surface area contributed by atoms with Crippen LogP contribution in [0, 0.1) is 17.8 Å². The molecule has 24 nitrogen and oxygen atoms in total. The molecule has 3 aromatic carbocycles. The molecule has 6 aliphatic heterocycles. The van der Waals surface area contributed by atoms with Gasteiger partial charge in [-0.05, 0) is 85.1 Å². The maximum absolute atomic E-state index is 15.3. The first-order valence-corrected chi connectivity index (χ1v) is 26.9. The monoisotopic (exact) mass is 1100 g/mol. The number of ether oxygens (including phenoxy) is 5. The number of hydrogen-bond acceptors (Lipinski definition) is 23. The van der Waals surface area contributed by atoms with Crippen LogP contribution < -0.4 is 52.2 Å². The molecule has 10 rings (SSSR count). The SMILES string of the molecule is CC(O)CNNC1=CC(C(CO)COC2C3Oc4c(cc5c(c4OCC(O)CC=O)C(=O)c4cc(CO)ccc4C5=O)C(c4ccccc4N4CNC5C(=O)NC(N)NC54)C4COC(CCC4CCO)C(O3)C(O)C2O)=CCN1. The first-order valence-electron chi connectivity index (χ1n) is 26.9. The van der Waals surface area contributed by atoms with Gasteiger partial charge in [0.15, 0.2) is 23.1 Å². The number of nitrogens with two attached hydrogens (primary N) is 1. The number of nitrogens with one attached hydrogen (secondary N) is 6. The fourth-order valence-corrected chi connectivity index (χ4v) is 12.1. The highest BCUT2D eigenvalue weighted by atomic mass is 16.7. The zero-order valence-electron chi connectivity index (χ0n) is 43.5. The summed E-state index contributed by atoms with van der Waals surface area (Å²) in [6.07, 6.45) is -7.66. The zero-order valence-corrected chi connectivity index (χ0v) is 43.5. The zero-order chi connectivity index (χ0) is 55.6. The van der Waals surface area contributed by atoms with Gasteiger partial charge >= 0.3 is 0 Å². The standard InChI is InChI=1S/C55H70N8O16/c1-26(68)19-59-62-40-17-29(10-13-57-40)30(21-67)22-76-51-47(73)46(72)49-39-9-7-28(11-14-64)37(24-75-39)41(33-4-2-3-5-38(33)63-25-58-43-52(63)60-55(56)61-53(43)74)36-18-35-42(45(71)34-16-27(20-66)6-8-32(34)44(35)70)50(48(36)78-54(51)79-49)77-23-31(69)12-15-65/h2-6,8,10,15-18,26,28,30-31,37,39,41,43,46-47,49,51-52,54-55,57-60,62,64,66-69,72-73H,7,9,11-14,19-25,56H2,1H3,(H,61,74). The molecule has 24 heteroatoms. The van der Waals surface area contributed by atoms with Crippen LogP contribution in [0.2, 0.25) is 0 Å². The molecule has 4 bridgehead atoms. The summed E-state index contributed by atoms with van der Waals surface area (Å²) in [4.78, 5) is 57.6. The van der Waals surface area contributed by atoms with Crippen molar-refractivity contribution in [3.05, 3.63) is 111 Å². The topological polar surface area (TPSA) is 357 Å². The number of aliphatic hydroxyl groups excluding tert-OH is 7. The summed E-state index contributed by atoms with van der Waals surface area (Å²) >= 11 is 0. The van der Waals surface area contributed by atoms with Gasteiger partial charge < -0.3 is 85.2 Å². The van der Waals surface area contributed by atoms with Gasteiger partial charge in [0.1, 0.15) is 61.6 Å². The molecular weight excluding hydrogens is 1030 g/mol. The molecule has 4 saturated heterocycles.